The van der Waals surface area contributed by atoms with Gasteiger partial charge >= 0.3 is 0 Å². The molecule has 0 saturated carbocycles. The van der Waals surface area contributed by atoms with Crippen LogP contribution >= 0.6 is 0 Å². The second-order valence-corrected chi connectivity index (χ2v) is 5.63. The van der Waals surface area contributed by atoms with Crippen molar-refractivity contribution >= 4 is 46.8 Å². The van der Waals surface area contributed by atoms with E-state index in [1.165, 1.54) is 20.8 Å². The summed E-state index contributed by atoms with van der Waals surface area (Å²) in [5, 5.41) is 0. The average molecular weight is 444 g/mol. The fourth-order valence-electron chi connectivity index (χ4n) is 1.36. The Balaban J connectivity index is -0.000000425. The minimum Gasteiger partial charge on any atom is -0.343 e. The van der Waals surface area contributed by atoms with Gasteiger partial charge in [0.05, 0.1) is 25.0 Å². The predicted molar refractivity (Wildman–Crippen MR) is 88.3 cm³/mol. The molecule has 0 N–H and O–H groups in total. The molecule has 0 aromatic heterocycles. The molecule has 0 unspecified atom stereocenters. The van der Waals surface area contributed by atoms with Gasteiger partial charge in [0.2, 0.25) is 6.29 Å². The van der Waals surface area contributed by atoms with Crippen molar-refractivity contribution < 1.29 is 28.7 Å². The van der Waals surface area contributed by atoms with E-state index in [0.29, 0.717) is 0 Å². The van der Waals surface area contributed by atoms with E-state index in [1.807, 2.05) is 27.7 Å². The summed E-state index contributed by atoms with van der Waals surface area (Å²) in [5.74, 6) is -0.616. The van der Waals surface area contributed by atoms with Crippen LogP contribution in [0, 0.1) is 0 Å². The van der Waals surface area contributed by atoms with Crippen molar-refractivity contribution in [2.45, 2.75) is 79.8 Å². The maximum Gasteiger partial charge on any atom is 0.218 e. The van der Waals surface area contributed by atoms with Crippen LogP contribution in [-0.4, -0.2) is 65.3 Å². The van der Waals surface area contributed by atoms with Gasteiger partial charge in [-0.15, -0.1) is 0 Å². The van der Waals surface area contributed by atoms with Crippen LogP contribution in [0.4, 0.5) is 0 Å². The fourth-order valence-corrected chi connectivity index (χ4v) is 1.36. The molecule has 7 heteroatoms. The quantitative estimate of drug-likeness (QED) is 0.307. The first-order chi connectivity index (χ1) is 9.95. The molecule has 0 bridgehead atoms. The van der Waals surface area contributed by atoms with Gasteiger partial charge in [-0.05, 0) is 48.5 Å². The Morgan fingerprint density at radius 2 is 1.00 bits per heavy atom. The second-order valence-electron chi connectivity index (χ2n) is 5.63. The first-order valence-electron chi connectivity index (χ1n) is 7.27. The molecule has 0 aliphatic rings. The van der Waals surface area contributed by atoms with Gasteiger partial charge in [0.25, 0.3) is 0 Å². The molecule has 23 heavy (non-hydrogen) atoms. The fraction of sp³-hybridized carbons (Fsp3) is 0.750. The van der Waals surface area contributed by atoms with Gasteiger partial charge in [-0.25, -0.2) is 0 Å². The van der Waals surface area contributed by atoms with E-state index in [1.54, 1.807) is 0 Å². The SMILES string of the molecule is CC(=O)CC(=O)C(OC(C)C)OC(C)C.CC(=O)CC(C)=O.[Te]. The minimum atomic E-state index is -0.922. The molecule has 0 amide bonds. The molecule has 0 spiro atoms. The van der Waals surface area contributed by atoms with Crippen molar-refractivity contribution in [1.82, 2.24) is 0 Å². The molecule has 0 saturated heterocycles. The van der Waals surface area contributed by atoms with Crippen LogP contribution in [0.5, 0.6) is 0 Å². The largest absolute Gasteiger partial charge is 0.343 e. The second kappa shape index (κ2) is 14.9. The molecule has 0 aromatic rings. The van der Waals surface area contributed by atoms with Gasteiger partial charge in [-0.1, -0.05) is 0 Å². The summed E-state index contributed by atoms with van der Waals surface area (Å²) in [6, 6.07) is 0. The molecule has 0 aliphatic carbocycles. The van der Waals surface area contributed by atoms with E-state index in [2.05, 4.69) is 0 Å². The summed E-state index contributed by atoms with van der Waals surface area (Å²) in [4.78, 5) is 42.4. The first kappa shape index (κ1) is 27.2. The Morgan fingerprint density at radius 3 is 1.17 bits per heavy atom. The normalized spacial score (nSPS) is 10.0. The molecule has 0 aliphatic heterocycles. The van der Waals surface area contributed by atoms with Gasteiger partial charge in [-0.3, -0.25) is 19.2 Å². The predicted octanol–water partition coefficient (Wildman–Crippen LogP) is 1.88. The zero-order chi connectivity index (χ0) is 17.9. The Kier molecular flexibility index (Phi) is 17.7. The van der Waals surface area contributed by atoms with Crippen LogP contribution < -0.4 is 0 Å². The molecular weight excluding hydrogens is 416 g/mol. The van der Waals surface area contributed by atoms with Gasteiger partial charge < -0.3 is 9.47 Å². The van der Waals surface area contributed by atoms with Crippen molar-refractivity contribution in [2.24, 2.45) is 0 Å². The molecular formula is C16H28O6Te. The third-order valence-electron chi connectivity index (χ3n) is 1.98. The number of hydrogen-bond donors (Lipinski definition) is 0. The molecule has 0 atom stereocenters. The smallest absolute Gasteiger partial charge is 0.218 e. The number of carbonyl (C=O) groups is 4. The van der Waals surface area contributed by atoms with Crippen LogP contribution in [0.15, 0.2) is 0 Å². The zero-order valence-corrected chi connectivity index (χ0v) is 17.3. The summed E-state index contributed by atoms with van der Waals surface area (Å²) in [7, 11) is 0. The van der Waals surface area contributed by atoms with Gasteiger partial charge in [-0.2, -0.15) is 0 Å². The van der Waals surface area contributed by atoms with Gasteiger partial charge in [0, 0.05) is 23.7 Å². The molecule has 0 fully saturated rings. The Morgan fingerprint density at radius 1 is 0.696 bits per heavy atom. The molecule has 134 valence electrons. The number of Topliss-reactive ketones (excluding diaryl/α,β-unsaturated/α-hetero) is 4. The molecule has 0 aromatic carbocycles. The summed E-state index contributed by atoms with van der Waals surface area (Å²) in [6.07, 6.45) is -1.19. The Bertz CT molecular complexity index is 368. The van der Waals surface area contributed by atoms with Crippen LogP contribution in [0.3, 0.4) is 0 Å². The molecule has 6 nitrogen and oxygen atoms in total. The number of ether oxygens (including phenoxy) is 2. The maximum atomic E-state index is 11.6. The monoisotopic (exact) mass is 446 g/mol. The van der Waals surface area contributed by atoms with Crippen LogP contribution in [0.2, 0.25) is 0 Å². The van der Waals surface area contributed by atoms with Crippen LogP contribution in [-0.2, 0) is 28.7 Å². The van der Waals surface area contributed by atoms with Crippen molar-refractivity contribution in [1.29, 1.82) is 0 Å². The summed E-state index contributed by atoms with van der Waals surface area (Å²) >= 11 is 0. The van der Waals surface area contributed by atoms with Crippen molar-refractivity contribution in [3.8, 4) is 0 Å². The number of rotatable bonds is 9. The zero-order valence-electron chi connectivity index (χ0n) is 15.0. The van der Waals surface area contributed by atoms with Gasteiger partial charge in [0.1, 0.15) is 17.3 Å². The maximum absolute atomic E-state index is 11.6. The first-order valence-corrected chi connectivity index (χ1v) is 7.27. The number of carbonyl (C=O) groups excluding carboxylic acids is 4. The summed E-state index contributed by atoms with van der Waals surface area (Å²) in [5.41, 5.74) is 0. The van der Waals surface area contributed by atoms with E-state index in [0.717, 1.165) is 0 Å². The minimum absolute atomic E-state index is 0. The van der Waals surface area contributed by atoms with E-state index in [-0.39, 0.29) is 71.8 Å². The van der Waals surface area contributed by atoms with Crippen molar-refractivity contribution in [3.05, 3.63) is 0 Å². The standard InChI is InChI=1S/C11H20O4.C5H8O2.Te/c1-7(2)14-11(15-8(3)4)10(13)6-9(5)12;1-4(6)3-5(2)7;/h7-8,11H,6H2,1-5H3;3H2,1-2H3;. The number of ketones is 4. The molecule has 0 heterocycles. The van der Waals surface area contributed by atoms with Crippen molar-refractivity contribution in [3.63, 3.8) is 0 Å². The molecule has 2 radical (unpaired) electrons. The van der Waals surface area contributed by atoms with Crippen LogP contribution in [0.1, 0.15) is 61.3 Å². The summed E-state index contributed by atoms with van der Waals surface area (Å²) < 4.78 is 10.6. The average Bonchev–Trinajstić information content (AvgIpc) is 2.24. The van der Waals surface area contributed by atoms with E-state index in [4.69, 9.17) is 9.47 Å². The van der Waals surface area contributed by atoms with E-state index >= 15 is 0 Å². The Labute approximate surface area is 155 Å². The van der Waals surface area contributed by atoms with Crippen LogP contribution in [0.25, 0.3) is 0 Å². The summed E-state index contributed by atoms with van der Waals surface area (Å²) in [6.45, 7) is 11.5. The van der Waals surface area contributed by atoms with E-state index < -0.39 is 6.29 Å². The molecule has 0 rings (SSSR count). The van der Waals surface area contributed by atoms with E-state index in [9.17, 15) is 19.2 Å². The topological polar surface area (TPSA) is 86.7 Å². The third-order valence-corrected chi connectivity index (χ3v) is 1.98. The third kappa shape index (κ3) is 21.4. The number of hydrogen-bond acceptors (Lipinski definition) is 6. The van der Waals surface area contributed by atoms with Gasteiger partial charge in [0.15, 0.2) is 5.78 Å². The Hall–Kier alpha value is -0.610. The van der Waals surface area contributed by atoms with Crippen molar-refractivity contribution in [2.75, 3.05) is 0 Å².